The van der Waals surface area contributed by atoms with Crippen LogP contribution in [0.2, 0.25) is 10.0 Å². The molecule has 2 aromatic carbocycles. The maximum absolute atomic E-state index is 6.06. The normalized spacial score (nSPS) is 18.4. The van der Waals surface area contributed by atoms with Crippen LogP contribution in [0.5, 0.6) is 0 Å². The molecular weight excluding hydrogens is 277 g/mol. The molecule has 1 nitrogen and oxygen atoms in total. The van der Waals surface area contributed by atoms with Gasteiger partial charge in [0.05, 0.1) is 16.1 Å². The maximum Gasteiger partial charge on any atom is 0.0756 e. The second kappa shape index (κ2) is 5.36. The van der Waals surface area contributed by atoms with E-state index < -0.39 is 0 Å². The molecule has 1 unspecified atom stereocenters. The lowest BCUT2D eigenvalue weighted by molar-refractivity contribution is 0.723. The van der Waals surface area contributed by atoms with Crippen LogP contribution >= 0.6 is 23.2 Å². The maximum atomic E-state index is 6.06. The van der Waals surface area contributed by atoms with Crippen molar-refractivity contribution < 1.29 is 0 Å². The molecule has 0 saturated carbocycles. The Morgan fingerprint density at radius 3 is 2.47 bits per heavy atom. The fraction of sp³-hybridized carbons (Fsp3) is 0.188. The number of nitrogens with zero attached hydrogens (tertiary/aromatic N) is 1. The number of hydrogen-bond acceptors (Lipinski definition) is 1. The molecule has 0 bridgehead atoms. The summed E-state index contributed by atoms with van der Waals surface area (Å²) in [6, 6.07) is 16.4. The summed E-state index contributed by atoms with van der Waals surface area (Å²) in [6.07, 6.45) is 2.04. The molecule has 0 aliphatic carbocycles. The standard InChI is InChI=1S/C16H13Cl2N/c17-13-7-6-12(10-14(13)18)16-9-8-15(19-16)11-4-2-1-3-5-11/h1-7,10,15H,8-9H2. The van der Waals surface area contributed by atoms with Crippen LogP contribution in [0.1, 0.15) is 30.0 Å². The van der Waals surface area contributed by atoms with Crippen LogP contribution in [-0.2, 0) is 0 Å². The van der Waals surface area contributed by atoms with Gasteiger partial charge in [0.15, 0.2) is 0 Å². The van der Waals surface area contributed by atoms with Gasteiger partial charge in [-0.05, 0) is 36.1 Å². The molecule has 0 fully saturated rings. The Morgan fingerprint density at radius 2 is 1.74 bits per heavy atom. The first-order chi connectivity index (χ1) is 9.24. The van der Waals surface area contributed by atoms with Crippen LogP contribution in [-0.4, -0.2) is 5.71 Å². The summed E-state index contributed by atoms with van der Waals surface area (Å²) in [5, 5.41) is 1.17. The van der Waals surface area contributed by atoms with E-state index >= 15 is 0 Å². The van der Waals surface area contributed by atoms with Gasteiger partial charge in [-0.1, -0.05) is 59.6 Å². The van der Waals surface area contributed by atoms with Gasteiger partial charge in [0.1, 0.15) is 0 Å². The third-order valence-electron chi connectivity index (χ3n) is 3.40. The van der Waals surface area contributed by atoms with Gasteiger partial charge in [-0.2, -0.15) is 0 Å². The molecule has 1 heterocycles. The molecule has 0 N–H and O–H groups in total. The minimum absolute atomic E-state index is 0.269. The number of rotatable bonds is 2. The number of benzene rings is 2. The van der Waals surface area contributed by atoms with Crippen LogP contribution in [0.15, 0.2) is 53.5 Å². The topological polar surface area (TPSA) is 12.4 Å². The van der Waals surface area contributed by atoms with E-state index in [1.165, 1.54) is 5.56 Å². The van der Waals surface area contributed by atoms with E-state index in [0.717, 1.165) is 24.1 Å². The molecule has 0 saturated heterocycles. The van der Waals surface area contributed by atoms with E-state index in [9.17, 15) is 0 Å². The number of hydrogen-bond donors (Lipinski definition) is 0. The van der Waals surface area contributed by atoms with Crippen molar-refractivity contribution in [2.75, 3.05) is 0 Å². The molecule has 0 amide bonds. The monoisotopic (exact) mass is 289 g/mol. The van der Waals surface area contributed by atoms with Gasteiger partial charge in [0.25, 0.3) is 0 Å². The fourth-order valence-corrected chi connectivity index (χ4v) is 2.70. The smallest absolute Gasteiger partial charge is 0.0756 e. The van der Waals surface area contributed by atoms with Gasteiger partial charge in [0.2, 0.25) is 0 Å². The van der Waals surface area contributed by atoms with E-state index in [0.29, 0.717) is 10.0 Å². The Kier molecular flexibility index (Phi) is 3.58. The molecule has 96 valence electrons. The van der Waals surface area contributed by atoms with Crippen molar-refractivity contribution in [1.29, 1.82) is 0 Å². The molecule has 1 atom stereocenters. The van der Waals surface area contributed by atoms with Gasteiger partial charge in [-0.3, -0.25) is 4.99 Å². The predicted octanol–water partition coefficient (Wildman–Crippen LogP) is 5.32. The lowest BCUT2D eigenvalue weighted by Gasteiger charge is -2.05. The van der Waals surface area contributed by atoms with Gasteiger partial charge in [0, 0.05) is 5.71 Å². The van der Waals surface area contributed by atoms with Crippen molar-refractivity contribution in [3.8, 4) is 0 Å². The first-order valence-corrected chi connectivity index (χ1v) is 7.06. The van der Waals surface area contributed by atoms with Crippen LogP contribution in [0.25, 0.3) is 0 Å². The summed E-state index contributed by atoms with van der Waals surface area (Å²) < 4.78 is 0. The van der Waals surface area contributed by atoms with Crippen molar-refractivity contribution in [2.45, 2.75) is 18.9 Å². The average molecular weight is 290 g/mol. The number of halogens is 2. The average Bonchev–Trinajstić information content (AvgIpc) is 2.93. The van der Waals surface area contributed by atoms with Crippen molar-refractivity contribution in [1.82, 2.24) is 0 Å². The molecule has 1 aliphatic rings. The lowest BCUT2D eigenvalue weighted by atomic mass is 10.0. The Balaban J connectivity index is 1.89. The third-order valence-corrected chi connectivity index (χ3v) is 4.14. The predicted molar refractivity (Wildman–Crippen MR) is 81.4 cm³/mol. The summed E-state index contributed by atoms with van der Waals surface area (Å²) >= 11 is 12.0. The molecule has 2 aromatic rings. The van der Waals surface area contributed by atoms with Crippen molar-refractivity contribution in [3.63, 3.8) is 0 Å². The van der Waals surface area contributed by atoms with Crippen LogP contribution < -0.4 is 0 Å². The fourth-order valence-electron chi connectivity index (χ4n) is 2.40. The Labute approximate surface area is 122 Å². The highest BCUT2D eigenvalue weighted by Gasteiger charge is 2.20. The van der Waals surface area contributed by atoms with E-state index in [2.05, 4.69) is 24.3 Å². The quantitative estimate of drug-likeness (QED) is 0.710. The minimum Gasteiger partial charge on any atom is -0.281 e. The molecule has 0 radical (unpaired) electrons. The highest BCUT2D eigenvalue weighted by atomic mass is 35.5. The highest BCUT2D eigenvalue weighted by molar-refractivity contribution is 6.42. The van der Waals surface area contributed by atoms with Gasteiger partial charge in [-0.25, -0.2) is 0 Å². The van der Waals surface area contributed by atoms with Gasteiger partial charge < -0.3 is 0 Å². The SMILES string of the molecule is Clc1ccc(C2=NC(c3ccccc3)CC2)cc1Cl. The van der Waals surface area contributed by atoms with E-state index in [4.69, 9.17) is 28.2 Å². The third kappa shape index (κ3) is 2.68. The number of aliphatic imine (C=N–C) groups is 1. The van der Waals surface area contributed by atoms with Crippen molar-refractivity contribution in [3.05, 3.63) is 69.7 Å². The summed E-state index contributed by atoms with van der Waals surface area (Å²) in [7, 11) is 0. The van der Waals surface area contributed by atoms with Gasteiger partial charge in [-0.15, -0.1) is 0 Å². The van der Waals surface area contributed by atoms with E-state index in [-0.39, 0.29) is 6.04 Å². The molecule has 0 aromatic heterocycles. The zero-order valence-electron chi connectivity index (χ0n) is 10.3. The van der Waals surface area contributed by atoms with Crippen LogP contribution in [0.4, 0.5) is 0 Å². The first kappa shape index (κ1) is 12.7. The molecule has 1 aliphatic heterocycles. The summed E-state index contributed by atoms with van der Waals surface area (Å²) in [6.45, 7) is 0. The Morgan fingerprint density at radius 1 is 0.947 bits per heavy atom. The summed E-state index contributed by atoms with van der Waals surface area (Å²) in [5.74, 6) is 0. The van der Waals surface area contributed by atoms with E-state index in [1.807, 2.05) is 24.3 Å². The second-order valence-electron chi connectivity index (χ2n) is 4.67. The van der Waals surface area contributed by atoms with E-state index in [1.54, 1.807) is 0 Å². The first-order valence-electron chi connectivity index (χ1n) is 6.31. The van der Waals surface area contributed by atoms with Crippen molar-refractivity contribution in [2.24, 2.45) is 4.99 Å². The minimum atomic E-state index is 0.269. The Bertz CT molecular complexity index is 620. The Hall–Kier alpha value is -1.31. The molecule has 0 spiro atoms. The second-order valence-corrected chi connectivity index (χ2v) is 5.48. The molecular formula is C16H13Cl2N. The summed E-state index contributed by atoms with van der Waals surface area (Å²) in [5.41, 5.74) is 3.47. The van der Waals surface area contributed by atoms with Gasteiger partial charge >= 0.3 is 0 Å². The zero-order valence-corrected chi connectivity index (χ0v) is 11.8. The van der Waals surface area contributed by atoms with Crippen LogP contribution in [0, 0.1) is 0 Å². The molecule has 19 heavy (non-hydrogen) atoms. The highest BCUT2D eigenvalue weighted by Crippen LogP contribution is 2.32. The summed E-state index contributed by atoms with van der Waals surface area (Å²) in [4.78, 5) is 4.81. The van der Waals surface area contributed by atoms with Crippen LogP contribution in [0.3, 0.4) is 0 Å². The molecule has 3 rings (SSSR count). The van der Waals surface area contributed by atoms with Crippen molar-refractivity contribution >= 4 is 28.9 Å². The zero-order chi connectivity index (χ0) is 13.2. The largest absolute Gasteiger partial charge is 0.281 e. The lowest BCUT2D eigenvalue weighted by Crippen LogP contribution is -1.95. The molecule has 3 heteroatoms.